The van der Waals surface area contributed by atoms with Crippen LogP contribution in [0.4, 0.5) is 0 Å². The Hall–Kier alpha value is -2.49. The molecule has 1 N–H and O–H groups in total. The molecule has 254 valence electrons. The number of unbranched alkanes of at least 4 members (excludes halogenated alkanes) is 8. The van der Waals surface area contributed by atoms with E-state index < -0.39 is 24.3 Å². The first-order chi connectivity index (χ1) is 21.1. The number of allylic oxidation sites excluding steroid dienone is 6. The van der Waals surface area contributed by atoms with Crippen molar-refractivity contribution in [3.8, 4) is 0 Å². The summed E-state index contributed by atoms with van der Waals surface area (Å²) in [5, 5.41) is 9.52. The number of esters is 2. The molecule has 0 aromatic heterocycles. The fourth-order valence-electron chi connectivity index (χ4n) is 4.02. The molecule has 0 amide bonds. The van der Waals surface area contributed by atoms with E-state index >= 15 is 0 Å². The Bertz CT molecular complexity index is 831. The quantitative estimate of drug-likeness (QED) is 0.0307. The van der Waals surface area contributed by atoms with Crippen LogP contribution in [0.1, 0.15) is 110 Å². The number of hydrogen-bond donors (Lipinski definition) is 1. The standard InChI is InChI=1S/C35H61NO8/c1-6-8-10-12-14-15-16-17-18-19-20-22-24-26-33(38)44-31(29-42-32(37)25-23-21-13-11-9-7-2)30-43-35(34(39)40)41-28-27-36(3,4)5/h8,10,14-15,17-18,31,35H,6-7,9,11-13,16,19-30H2,1-5H3/p+1/b10-8-,15-14-,18-17-. The van der Waals surface area contributed by atoms with E-state index in [4.69, 9.17) is 18.9 Å². The van der Waals surface area contributed by atoms with Gasteiger partial charge < -0.3 is 28.5 Å². The zero-order valence-corrected chi connectivity index (χ0v) is 28.3. The Balaban J connectivity index is 4.65. The highest BCUT2D eigenvalue weighted by Gasteiger charge is 2.25. The summed E-state index contributed by atoms with van der Waals surface area (Å²) >= 11 is 0. The molecule has 0 saturated carbocycles. The van der Waals surface area contributed by atoms with Gasteiger partial charge in [-0.05, 0) is 44.9 Å². The molecule has 0 fully saturated rings. The van der Waals surface area contributed by atoms with E-state index in [9.17, 15) is 19.5 Å². The fourth-order valence-corrected chi connectivity index (χ4v) is 4.02. The van der Waals surface area contributed by atoms with Gasteiger partial charge in [-0.1, -0.05) is 88.8 Å². The van der Waals surface area contributed by atoms with E-state index in [0.717, 1.165) is 64.2 Å². The molecule has 9 heteroatoms. The van der Waals surface area contributed by atoms with Crippen molar-refractivity contribution in [2.24, 2.45) is 0 Å². The van der Waals surface area contributed by atoms with Gasteiger partial charge in [0.1, 0.15) is 13.2 Å². The van der Waals surface area contributed by atoms with Crippen LogP contribution in [-0.4, -0.2) is 87.4 Å². The minimum absolute atomic E-state index is 0.181. The first kappa shape index (κ1) is 41.5. The third kappa shape index (κ3) is 28.3. The van der Waals surface area contributed by atoms with Gasteiger partial charge in [0.05, 0.1) is 34.4 Å². The Morgan fingerprint density at radius 3 is 1.93 bits per heavy atom. The molecule has 9 nitrogen and oxygen atoms in total. The molecule has 0 spiro atoms. The number of ether oxygens (including phenoxy) is 4. The number of nitrogens with zero attached hydrogens (tertiary/aromatic N) is 1. The molecule has 0 radical (unpaired) electrons. The summed E-state index contributed by atoms with van der Waals surface area (Å²) in [7, 11) is 5.91. The summed E-state index contributed by atoms with van der Waals surface area (Å²) in [4.78, 5) is 36.5. The average molecular weight is 625 g/mol. The second kappa shape index (κ2) is 28.0. The van der Waals surface area contributed by atoms with Gasteiger partial charge in [-0.25, -0.2) is 4.79 Å². The number of aliphatic carboxylic acids is 1. The molecule has 0 aromatic rings. The number of likely N-dealkylation sites (N-methyl/N-ethyl adjacent to an activating group) is 1. The smallest absolute Gasteiger partial charge is 0.361 e. The monoisotopic (exact) mass is 624 g/mol. The largest absolute Gasteiger partial charge is 0.477 e. The van der Waals surface area contributed by atoms with Crippen molar-refractivity contribution < 1.29 is 42.9 Å². The van der Waals surface area contributed by atoms with E-state index in [1.165, 1.54) is 12.8 Å². The van der Waals surface area contributed by atoms with Crippen LogP contribution in [0.5, 0.6) is 0 Å². The van der Waals surface area contributed by atoms with Crippen LogP contribution in [0, 0.1) is 0 Å². The van der Waals surface area contributed by atoms with Gasteiger partial charge >= 0.3 is 17.9 Å². The number of carbonyl (C=O) groups is 3. The molecule has 0 aliphatic carbocycles. The number of carboxylic acid groups (broad SMARTS) is 1. The van der Waals surface area contributed by atoms with Gasteiger partial charge in [-0.3, -0.25) is 9.59 Å². The number of rotatable bonds is 29. The molecule has 2 atom stereocenters. The van der Waals surface area contributed by atoms with Crippen LogP contribution in [0.15, 0.2) is 36.5 Å². The lowest BCUT2D eigenvalue weighted by Gasteiger charge is -2.25. The predicted octanol–water partition coefficient (Wildman–Crippen LogP) is 7.15. The second-order valence-corrected chi connectivity index (χ2v) is 12.1. The minimum Gasteiger partial charge on any atom is -0.477 e. The molecule has 44 heavy (non-hydrogen) atoms. The molecule has 0 heterocycles. The highest BCUT2D eigenvalue weighted by atomic mass is 16.7. The van der Waals surface area contributed by atoms with Gasteiger partial charge in [0.25, 0.3) is 6.29 Å². The lowest BCUT2D eigenvalue weighted by atomic mass is 10.1. The summed E-state index contributed by atoms with van der Waals surface area (Å²) in [6.45, 7) is 4.60. The molecule has 2 unspecified atom stereocenters. The van der Waals surface area contributed by atoms with Gasteiger partial charge in [0.15, 0.2) is 6.10 Å². The lowest BCUT2D eigenvalue weighted by molar-refractivity contribution is -0.870. The molecule has 0 rings (SSSR count). The van der Waals surface area contributed by atoms with Gasteiger partial charge in [0, 0.05) is 12.8 Å². The number of carboxylic acids is 1. The zero-order chi connectivity index (χ0) is 32.9. The highest BCUT2D eigenvalue weighted by Crippen LogP contribution is 2.11. The second-order valence-electron chi connectivity index (χ2n) is 12.1. The van der Waals surface area contributed by atoms with Crippen LogP contribution in [0.25, 0.3) is 0 Å². The van der Waals surface area contributed by atoms with Crippen molar-refractivity contribution in [2.75, 3.05) is 47.5 Å². The Morgan fingerprint density at radius 2 is 1.30 bits per heavy atom. The van der Waals surface area contributed by atoms with E-state index in [-0.39, 0.29) is 32.2 Å². The number of hydrogen-bond acceptors (Lipinski definition) is 7. The minimum atomic E-state index is -1.51. The van der Waals surface area contributed by atoms with Crippen molar-refractivity contribution in [1.82, 2.24) is 0 Å². The van der Waals surface area contributed by atoms with Crippen molar-refractivity contribution in [2.45, 2.75) is 123 Å². The van der Waals surface area contributed by atoms with E-state index in [1.54, 1.807) is 0 Å². The summed E-state index contributed by atoms with van der Waals surface area (Å²) < 4.78 is 22.4. The summed E-state index contributed by atoms with van der Waals surface area (Å²) in [6, 6.07) is 0. The number of carbonyl (C=O) groups excluding carboxylic acids is 2. The third-order valence-corrected chi connectivity index (χ3v) is 6.66. The van der Waals surface area contributed by atoms with E-state index in [2.05, 4.69) is 50.3 Å². The molecular formula is C35H62NO8+. The van der Waals surface area contributed by atoms with Crippen molar-refractivity contribution >= 4 is 17.9 Å². The van der Waals surface area contributed by atoms with Gasteiger partial charge in [0.2, 0.25) is 0 Å². The first-order valence-corrected chi connectivity index (χ1v) is 16.7. The maximum absolute atomic E-state index is 12.6. The average Bonchev–Trinajstić information content (AvgIpc) is 2.96. The van der Waals surface area contributed by atoms with Gasteiger partial charge in [-0.2, -0.15) is 0 Å². The van der Waals surface area contributed by atoms with Crippen LogP contribution >= 0.6 is 0 Å². The zero-order valence-electron chi connectivity index (χ0n) is 28.3. The predicted molar refractivity (Wildman–Crippen MR) is 175 cm³/mol. The van der Waals surface area contributed by atoms with Crippen LogP contribution in [0.3, 0.4) is 0 Å². The number of quaternary nitrogens is 1. The third-order valence-electron chi connectivity index (χ3n) is 6.66. The summed E-state index contributed by atoms with van der Waals surface area (Å²) in [5.74, 6) is -2.07. The van der Waals surface area contributed by atoms with Crippen LogP contribution in [0.2, 0.25) is 0 Å². The van der Waals surface area contributed by atoms with E-state index in [0.29, 0.717) is 23.9 Å². The Morgan fingerprint density at radius 1 is 0.705 bits per heavy atom. The normalized spacial score (nSPS) is 13.6. The Labute approximate surface area is 267 Å². The van der Waals surface area contributed by atoms with Gasteiger partial charge in [-0.15, -0.1) is 0 Å². The van der Waals surface area contributed by atoms with Crippen molar-refractivity contribution in [3.05, 3.63) is 36.5 Å². The topological polar surface area (TPSA) is 108 Å². The van der Waals surface area contributed by atoms with Crippen molar-refractivity contribution in [3.63, 3.8) is 0 Å². The summed E-state index contributed by atoms with van der Waals surface area (Å²) in [5.41, 5.74) is 0. The highest BCUT2D eigenvalue weighted by molar-refractivity contribution is 5.71. The van der Waals surface area contributed by atoms with E-state index in [1.807, 2.05) is 21.1 Å². The lowest BCUT2D eigenvalue weighted by Crippen LogP contribution is -2.40. The first-order valence-electron chi connectivity index (χ1n) is 16.7. The maximum atomic E-state index is 12.6. The summed E-state index contributed by atoms with van der Waals surface area (Å²) in [6.07, 6.45) is 23.8. The molecule has 0 bridgehead atoms. The molecule has 0 aliphatic heterocycles. The molecule has 0 saturated heterocycles. The van der Waals surface area contributed by atoms with Crippen LogP contribution in [-0.2, 0) is 33.3 Å². The molecular weight excluding hydrogens is 562 g/mol. The molecule has 0 aromatic carbocycles. The maximum Gasteiger partial charge on any atom is 0.361 e. The van der Waals surface area contributed by atoms with Crippen molar-refractivity contribution in [1.29, 1.82) is 0 Å². The SMILES string of the molecule is CC/C=C\C/C=C\C/C=C\CCCCCC(=O)OC(COC(=O)CCCCCCCC)COC(OCC[N+](C)(C)C)C(=O)O. The Kier molecular flexibility index (Phi) is 26.4. The molecule has 0 aliphatic rings. The fraction of sp³-hybridized carbons (Fsp3) is 0.743. The van der Waals surface area contributed by atoms with Crippen LogP contribution < -0.4 is 0 Å².